The Hall–Kier alpha value is -1.17. The molecule has 0 bridgehead atoms. The van der Waals surface area contributed by atoms with Gasteiger partial charge in [0.2, 0.25) is 0 Å². The van der Waals surface area contributed by atoms with Crippen molar-refractivity contribution in [2.45, 2.75) is 39.2 Å². The van der Waals surface area contributed by atoms with E-state index in [-0.39, 0.29) is 30.2 Å². The molecule has 1 heterocycles. The van der Waals surface area contributed by atoms with E-state index in [1.807, 2.05) is 30.3 Å². The highest BCUT2D eigenvalue weighted by atomic mass is 35.5. The van der Waals surface area contributed by atoms with Crippen LogP contribution in [0.1, 0.15) is 31.9 Å². The van der Waals surface area contributed by atoms with Crippen molar-refractivity contribution in [3.63, 3.8) is 0 Å². The molecular formula is C24H35Cl3N2O2. The fourth-order valence-electron chi connectivity index (χ4n) is 3.84. The predicted molar refractivity (Wildman–Crippen MR) is 136 cm³/mol. The number of β-amino-alcohol motifs (C(OH)–C–C–N with tert-alkyl or cyclic N) is 1. The summed E-state index contributed by atoms with van der Waals surface area (Å²) in [6, 6.07) is 14.1. The van der Waals surface area contributed by atoms with Crippen LogP contribution in [0.5, 0.6) is 5.75 Å². The van der Waals surface area contributed by atoms with Gasteiger partial charge in [-0.2, -0.15) is 0 Å². The Bertz CT molecular complexity index is 819. The molecule has 1 saturated heterocycles. The fraction of sp³-hybridized carbons (Fsp3) is 0.500. The number of hydrogen-bond donors (Lipinski definition) is 1. The maximum absolute atomic E-state index is 10.5. The van der Waals surface area contributed by atoms with Crippen molar-refractivity contribution in [1.29, 1.82) is 0 Å². The third-order valence-electron chi connectivity index (χ3n) is 5.48. The molecule has 3 rings (SSSR count). The van der Waals surface area contributed by atoms with Gasteiger partial charge in [-0.25, -0.2) is 0 Å². The minimum absolute atomic E-state index is 0. The minimum Gasteiger partial charge on any atom is -0.491 e. The normalized spacial score (nSPS) is 15.6. The van der Waals surface area contributed by atoms with E-state index >= 15 is 0 Å². The van der Waals surface area contributed by atoms with Crippen LogP contribution in [0.15, 0.2) is 42.5 Å². The molecule has 1 aliphatic rings. The maximum atomic E-state index is 10.5. The molecule has 1 aliphatic heterocycles. The number of benzene rings is 2. The molecular weight excluding hydrogens is 455 g/mol. The smallest absolute Gasteiger partial charge is 0.123 e. The van der Waals surface area contributed by atoms with Crippen molar-refractivity contribution < 1.29 is 9.84 Å². The van der Waals surface area contributed by atoms with Crippen LogP contribution in [0, 0.1) is 6.92 Å². The van der Waals surface area contributed by atoms with Crippen molar-refractivity contribution in [1.82, 2.24) is 4.90 Å². The Balaban J connectivity index is 0.00000240. The van der Waals surface area contributed by atoms with Crippen molar-refractivity contribution in [2.24, 2.45) is 0 Å². The van der Waals surface area contributed by atoms with Gasteiger partial charge in [0.15, 0.2) is 0 Å². The summed E-state index contributed by atoms with van der Waals surface area (Å²) in [5.41, 5.74) is 3.63. The number of para-hydroxylation sites is 1. The van der Waals surface area contributed by atoms with E-state index < -0.39 is 6.10 Å². The van der Waals surface area contributed by atoms with E-state index in [1.165, 1.54) is 11.3 Å². The fourth-order valence-corrected chi connectivity index (χ4v) is 4.01. The van der Waals surface area contributed by atoms with Crippen molar-refractivity contribution in [3.8, 4) is 5.75 Å². The Morgan fingerprint density at radius 3 is 2.32 bits per heavy atom. The highest BCUT2D eigenvalue weighted by Crippen LogP contribution is 2.31. The summed E-state index contributed by atoms with van der Waals surface area (Å²) in [6.07, 6.45) is -0.512. The van der Waals surface area contributed by atoms with Gasteiger partial charge in [-0.1, -0.05) is 56.6 Å². The molecule has 1 atom stereocenters. The lowest BCUT2D eigenvalue weighted by atomic mass is 9.86. The molecule has 2 aromatic carbocycles. The maximum Gasteiger partial charge on any atom is 0.123 e. The number of aliphatic hydroxyl groups is 1. The van der Waals surface area contributed by atoms with E-state index in [9.17, 15) is 5.11 Å². The second-order valence-electron chi connectivity index (χ2n) is 8.93. The van der Waals surface area contributed by atoms with Crippen LogP contribution in [0.2, 0.25) is 5.02 Å². The molecule has 0 spiro atoms. The number of aryl methyl sites for hydroxylation is 1. The first-order valence-electron chi connectivity index (χ1n) is 10.4. The third-order valence-corrected chi connectivity index (χ3v) is 5.71. The standard InChI is InChI=1S/C24H33ClN2O2.2ClH/c1-18-9-10-19(25)15-22(18)27-13-11-26(12-14-27)16-20(28)17-29-23-8-6-5-7-21(23)24(2,3)4;;/h5-10,15,20,28H,11-14,16-17H2,1-4H3;2*1H. The molecule has 0 amide bonds. The number of ether oxygens (including phenoxy) is 1. The molecule has 1 fully saturated rings. The van der Waals surface area contributed by atoms with Crippen LogP contribution in [0.4, 0.5) is 5.69 Å². The van der Waals surface area contributed by atoms with Crippen LogP contribution >= 0.6 is 36.4 Å². The second kappa shape index (κ2) is 12.2. The van der Waals surface area contributed by atoms with E-state index in [0.717, 1.165) is 42.5 Å². The average molecular weight is 490 g/mol. The van der Waals surface area contributed by atoms with Crippen LogP contribution in [0.3, 0.4) is 0 Å². The van der Waals surface area contributed by atoms with Gasteiger partial charge in [-0.05, 0) is 41.7 Å². The number of hydrogen-bond acceptors (Lipinski definition) is 4. The molecule has 2 aromatic rings. The number of halogens is 3. The first kappa shape index (κ1) is 27.9. The van der Waals surface area contributed by atoms with Gasteiger partial charge in [0.05, 0.1) is 0 Å². The van der Waals surface area contributed by atoms with E-state index in [0.29, 0.717) is 13.2 Å². The number of piperazine rings is 1. The van der Waals surface area contributed by atoms with Gasteiger partial charge >= 0.3 is 0 Å². The minimum atomic E-state index is -0.512. The zero-order valence-electron chi connectivity index (χ0n) is 18.8. The molecule has 4 nitrogen and oxygen atoms in total. The Labute approximate surface area is 204 Å². The van der Waals surface area contributed by atoms with E-state index in [1.54, 1.807) is 0 Å². The summed E-state index contributed by atoms with van der Waals surface area (Å²) in [5.74, 6) is 0.861. The highest BCUT2D eigenvalue weighted by molar-refractivity contribution is 6.30. The van der Waals surface area contributed by atoms with Crippen molar-refractivity contribution in [3.05, 3.63) is 58.6 Å². The van der Waals surface area contributed by atoms with Gasteiger partial charge in [-0.3, -0.25) is 4.90 Å². The monoisotopic (exact) mass is 488 g/mol. The molecule has 0 saturated carbocycles. The van der Waals surface area contributed by atoms with Crippen molar-refractivity contribution in [2.75, 3.05) is 44.2 Å². The van der Waals surface area contributed by atoms with Gasteiger partial charge in [0.25, 0.3) is 0 Å². The molecule has 174 valence electrons. The van der Waals surface area contributed by atoms with Gasteiger partial charge in [-0.15, -0.1) is 24.8 Å². The zero-order chi connectivity index (χ0) is 21.0. The van der Waals surface area contributed by atoms with Crippen molar-refractivity contribution >= 4 is 42.1 Å². The molecule has 0 aliphatic carbocycles. The molecule has 0 radical (unpaired) electrons. The number of aliphatic hydroxyl groups excluding tert-OH is 1. The lowest BCUT2D eigenvalue weighted by molar-refractivity contribution is 0.0656. The van der Waals surface area contributed by atoms with Gasteiger partial charge in [0.1, 0.15) is 18.5 Å². The van der Waals surface area contributed by atoms with Gasteiger partial charge < -0.3 is 14.7 Å². The first-order valence-corrected chi connectivity index (χ1v) is 10.8. The topological polar surface area (TPSA) is 35.9 Å². The molecule has 0 aromatic heterocycles. The third kappa shape index (κ3) is 7.73. The summed E-state index contributed by atoms with van der Waals surface area (Å²) in [6.45, 7) is 13.3. The molecule has 1 unspecified atom stereocenters. The van der Waals surface area contributed by atoms with Crippen LogP contribution in [-0.4, -0.2) is 55.4 Å². The summed E-state index contributed by atoms with van der Waals surface area (Å²) in [7, 11) is 0. The Kier molecular flexibility index (Phi) is 10.9. The largest absolute Gasteiger partial charge is 0.491 e. The highest BCUT2D eigenvalue weighted by Gasteiger charge is 2.22. The Morgan fingerprint density at radius 1 is 1.03 bits per heavy atom. The lowest BCUT2D eigenvalue weighted by Gasteiger charge is -2.37. The summed E-state index contributed by atoms with van der Waals surface area (Å²) in [5, 5.41) is 11.3. The first-order chi connectivity index (χ1) is 13.7. The zero-order valence-corrected chi connectivity index (χ0v) is 21.2. The Morgan fingerprint density at radius 2 is 1.68 bits per heavy atom. The second-order valence-corrected chi connectivity index (χ2v) is 9.37. The van der Waals surface area contributed by atoms with E-state index in [4.69, 9.17) is 16.3 Å². The summed E-state index contributed by atoms with van der Waals surface area (Å²) >= 11 is 6.17. The summed E-state index contributed by atoms with van der Waals surface area (Å²) < 4.78 is 5.98. The number of rotatable bonds is 6. The lowest BCUT2D eigenvalue weighted by Crippen LogP contribution is -2.49. The molecule has 7 heteroatoms. The predicted octanol–water partition coefficient (Wildman–Crippen LogP) is 5.35. The van der Waals surface area contributed by atoms with Crippen LogP contribution in [0.25, 0.3) is 0 Å². The van der Waals surface area contributed by atoms with Gasteiger partial charge in [0, 0.05) is 43.4 Å². The quantitative estimate of drug-likeness (QED) is 0.593. The van der Waals surface area contributed by atoms with E-state index in [2.05, 4.69) is 49.6 Å². The molecule has 31 heavy (non-hydrogen) atoms. The molecule has 1 N–H and O–H groups in total. The average Bonchev–Trinajstić information content (AvgIpc) is 2.68. The number of nitrogens with zero attached hydrogens (tertiary/aromatic N) is 2. The van der Waals surface area contributed by atoms with Crippen LogP contribution in [-0.2, 0) is 5.41 Å². The number of anilines is 1. The summed E-state index contributed by atoms with van der Waals surface area (Å²) in [4.78, 5) is 4.68. The SMILES string of the molecule is Cc1ccc(Cl)cc1N1CCN(CC(O)COc2ccccc2C(C)(C)C)CC1.Cl.Cl. The van der Waals surface area contributed by atoms with Crippen LogP contribution < -0.4 is 9.64 Å².